The maximum Gasteiger partial charge on any atom is 0.237 e. The molecule has 0 amide bonds. The predicted molar refractivity (Wildman–Crippen MR) is 57.8 cm³/mol. The lowest BCUT2D eigenvalue weighted by molar-refractivity contribution is 0.401. The molecule has 0 radical (unpaired) electrons. The summed E-state index contributed by atoms with van der Waals surface area (Å²) < 4.78 is 5.17. The molecule has 2 aromatic rings. The Kier molecular flexibility index (Phi) is 2.23. The number of ether oxygens (including phenoxy) is 1. The molecule has 14 heavy (non-hydrogen) atoms. The lowest BCUT2D eigenvalue weighted by Gasteiger charge is -2.07. The fourth-order valence-electron chi connectivity index (χ4n) is 1.43. The minimum atomic E-state index is 0.631. The van der Waals surface area contributed by atoms with Gasteiger partial charge < -0.3 is 10.1 Å². The van der Waals surface area contributed by atoms with Crippen molar-refractivity contribution in [3.05, 3.63) is 30.3 Å². The number of methoxy groups -OCH3 is 1. The molecule has 0 aliphatic carbocycles. The third kappa shape index (κ3) is 1.37. The molecule has 2 rings (SSSR count). The summed E-state index contributed by atoms with van der Waals surface area (Å²) in [6.07, 6.45) is 0. The van der Waals surface area contributed by atoms with Crippen LogP contribution in [0.3, 0.4) is 0 Å². The quantitative estimate of drug-likeness (QED) is 0.785. The van der Waals surface area contributed by atoms with E-state index in [0.29, 0.717) is 5.88 Å². The van der Waals surface area contributed by atoms with Crippen molar-refractivity contribution in [2.75, 3.05) is 19.5 Å². The first-order valence-corrected chi connectivity index (χ1v) is 4.46. The molecule has 0 spiro atoms. The highest BCUT2D eigenvalue weighted by molar-refractivity contribution is 5.83. The van der Waals surface area contributed by atoms with Gasteiger partial charge in [0, 0.05) is 12.4 Å². The van der Waals surface area contributed by atoms with Crippen LogP contribution in [0.5, 0.6) is 5.88 Å². The standard InChI is InChI=1S/C11H12N2O/c1-12-10-7-8-5-3-4-6-9(8)13-11(10)14-2/h3-7,12H,1-2H3. The van der Waals surface area contributed by atoms with E-state index in [1.807, 2.05) is 37.4 Å². The number of anilines is 1. The first-order valence-electron chi connectivity index (χ1n) is 4.46. The molecule has 72 valence electrons. The summed E-state index contributed by atoms with van der Waals surface area (Å²) in [4.78, 5) is 4.38. The van der Waals surface area contributed by atoms with E-state index in [1.165, 1.54) is 0 Å². The van der Waals surface area contributed by atoms with Crippen LogP contribution >= 0.6 is 0 Å². The van der Waals surface area contributed by atoms with Gasteiger partial charge in [-0.15, -0.1) is 0 Å². The van der Waals surface area contributed by atoms with Crippen molar-refractivity contribution in [3.63, 3.8) is 0 Å². The second kappa shape index (κ2) is 3.54. The second-order valence-electron chi connectivity index (χ2n) is 2.99. The summed E-state index contributed by atoms with van der Waals surface area (Å²) in [5.41, 5.74) is 1.86. The largest absolute Gasteiger partial charge is 0.480 e. The van der Waals surface area contributed by atoms with Gasteiger partial charge >= 0.3 is 0 Å². The number of benzene rings is 1. The number of aromatic nitrogens is 1. The van der Waals surface area contributed by atoms with Gasteiger partial charge in [0.05, 0.1) is 18.3 Å². The molecule has 0 bridgehead atoms. The summed E-state index contributed by atoms with van der Waals surface area (Å²) in [7, 11) is 3.48. The highest BCUT2D eigenvalue weighted by Crippen LogP contribution is 2.25. The highest BCUT2D eigenvalue weighted by Gasteiger charge is 2.04. The number of hydrogen-bond donors (Lipinski definition) is 1. The first kappa shape index (κ1) is 8.81. The van der Waals surface area contributed by atoms with Crippen LogP contribution in [-0.4, -0.2) is 19.1 Å². The van der Waals surface area contributed by atoms with Gasteiger partial charge in [-0.05, 0) is 12.1 Å². The second-order valence-corrected chi connectivity index (χ2v) is 2.99. The van der Waals surface area contributed by atoms with Gasteiger partial charge in [-0.3, -0.25) is 0 Å². The van der Waals surface area contributed by atoms with Crippen LogP contribution in [0.15, 0.2) is 30.3 Å². The highest BCUT2D eigenvalue weighted by atomic mass is 16.5. The van der Waals surface area contributed by atoms with Gasteiger partial charge in [-0.1, -0.05) is 18.2 Å². The van der Waals surface area contributed by atoms with Crippen LogP contribution in [0, 0.1) is 0 Å². The minimum Gasteiger partial charge on any atom is -0.480 e. The summed E-state index contributed by atoms with van der Waals surface area (Å²) in [5.74, 6) is 0.631. The Hall–Kier alpha value is -1.77. The van der Waals surface area contributed by atoms with Gasteiger partial charge in [0.1, 0.15) is 0 Å². The summed E-state index contributed by atoms with van der Waals surface area (Å²) in [6.45, 7) is 0. The van der Waals surface area contributed by atoms with Gasteiger partial charge in [0.15, 0.2) is 0 Å². The van der Waals surface area contributed by atoms with Gasteiger partial charge in [-0.25, -0.2) is 4.98 Å². The van der Waals surface area contributed by atoms with Gasteiger partial charge in [0.25, 0.3) is 0 Å². The maximum absolute atomic E-state index is 5.17. The summed E-state index contributed by atoms with van der Waals surface area (Å²) in [5, 5.41) is 4.16. The van der Waals surface area contributed by atoms with Crippen LogP contribution in [0.25, 0.3) is 10.9 Å². The molecule has 1 aromatic heterocycles. The van der Waals surface area contributed by atoms with E-state index in [2.05, 4.69) is 10.3 Å². The molecular formula is C11H12N2O. The van der Waals surface area contributed by atoms with Crippen LogP contribution in [-0.2, 0) is 0 Å². The Bertz CT molecular complexity index is 411. The monoisotopic (exact) mass is 188 g/mol. The number of para-hydroxylation sites is 1. The molecule has 0 fully saturated rings. The topological polar surface area (TPSA) is 34.2 Å². The molecule has 3 heteroatoms. The van der Waals surface area contributed by atoms with Crippen molar-refractivity contribution in [2.24, 2.45) is 0 Å². The lowest BCUT2D eigenvalue weighted by Crippen LogP contribution is -1.96. The Morgan fingerprint density at radius 1 is 1.29 bits per heavy atom. The molecule has 0 aliphatic heterocycles. The smallest absolute Gasteiger partial charge is 0.237 e. The zero-order valence-corrected chi connectivity index (χ0v) is 8.24. The zero-order valence-electron chi connectivity index (χ0n) is 8.24. The van der Waals surface area contributed by atoms with Crippen molar-refractivity contribution in [1.82, 2.24) is 4.98 Å². The van der Waals surface area contributed by atoms with Crippen molar-refractivity contribution < 1.29 is 4.74 Å². The number of hydrogen-bond acceptors (Lipinski definition) is 3. The van der Waals surface area contributed by atoms with Crippen LogP contribution in [0.2, 0.25) is 0 Å². The van der Waals surface area contributed by atoms with E-state index < -0.39 is 0 Å². The Balaban J connectivity index is 2.69. The fourth-order valence-corrected chi connectivity index (χ4v) is 1.43. The number of rotatable bonds is 2. The van der Waals surface area contributed by atoms with Gasteiger partial charge in [-0.2, -0.15) is 0 Å². The molecule has 0 aliphatic rings. The Labute approximate surface area is 82.7 Å². The molecule has 0 atom stereocenters. The van der Waals surface area contributed by atoms with E-state index in [-0.39, 0.29) is 0 Å². The average molecular weight is 188 g/mol. The average Bonchev–Trinajstić information content (AvgIpc) is 2.27. The zero-order chi connectivity index (χ0) is 9.97. The Morgan fingerprint density at radius 3 is 2.79 bits per heavy atom. The van der Waals surface area contributed by atoms with Crippen molar-refractivity contribution in [1.29, 1.82) is 0 Å². The number of nitrogens with zero attached hydrogens (tertiary/aromatic N) is 1. The first-order chi connectivity index (χ1) is 6.85. The molecule has 0 saturated carbocycles. The van der Waals surface area contributed by atoms with Crippen molar-refractivity contribution in [2.45, 2.75) is 0 Å². The van der Waals surface area contributed by atoms with E-state index in [0.717, 1.165) is 16.6 Å². The van der Waals surface area contributed by atoms with E-state index >= 15 is 0 Å². The van der Waals surface area contributed by atoms with Crippen LogP contribution in [0.4, 0.5) is 5.69 Å². The minimum absolute atomic E-state index is 0.631. The lowest BCUT2D eigenvalue weighted by atomic mass is 10.2. The summed E-state index contributed by atoms with van der Waals surface area (Å²) in [6, 6.07) is 9.99. The third-order valence-electron chi connectivity index (χ3n) is 2.15. The Morgan fingerprint density at radius 2 is 2.07 bits per heavy atom. The van der Waals surface area contributed by atoms with Crippen LogP contribution < -0.4 is 10.1 Å². The molecule has 1 aromatic carbocycles. The summed E-state index contributed by atoms with van der Waals surface area (Å²) >= 11 is 0. The molecule has 0 unspecified atom stereocenters. The molecular weight excluding hydrogens is 176 g/mol. The van der Waals surface area contributed by atoms with Gasteiger partial charge in [0.2, 0.25) is 5.88 Å². The van der Waals surface area contributed by atoms with Crippen molar-refractivity contribution in [3.8, 4) is 5.88 Å². The molecule has 3 nitrogen and oxygen atoms in total. The van der Waals surface area contributed by atoms with E-state index in [9.17, 15) is 0 Å². The molecule has 0 saturated heterocycles. The normalized spacial score (nSPS) is 10.1. The third-order valence-corrected chi connectivity index (χ3v) is 2.15. The predicted octanol–water partition coefficient (Wildman–Crippen LogP) is 2.29. The SMILES string of the molecule is CNc1cc2ccccc2nc1OC. The maximum atomic E-state index is 5.17. The van der Waals surface area contributed by atoms with Crippen LogP contribution in [0.1, 0.15) is 0 Å². The van der Waals surface area contributed by atoms with E-state index in [1.54, 1.807) is 7.11 Å². The van der Waals surface area contributed by atoms with E-state index in [4.69, 9.17) is 4.74 Å². The van der Waals surface area contributed by atoms with Crippen molar-refractivity contribution >= 4 is 16.6 Å². The number of nitrogens with one attached hydrogen (secondary N) is 1. The molecule has 1 N–H and O–H groups in total. The fraction of sp³-hybridized carbons (Fsp3) is 0.182. The number of fused-ring (bicyclic) bond motifs is 1. The number of pyridine rings is 1. The molecule has 1 heterocycles.